The van der Waals surface area contributed by atoms with Crippen molar-refractivity contribution in [2.24, 2.45) is 4.99 Å². The predicted molar refractivity (Wildman–Crippen MR) is 105 cm³/mol. The molecule has 7 heteroatoms. The average molecular weight is 365 g/mol. The lowest BCUT2D eigenvalue weighted by Crippen LogP contribution is -2.47. The number of nitrogens with zero attached hydrogens (tertiary/aromatic N) is 4. The van der Waals surface area contributed by atoms with Crippen molar-refractivity contribution < 1.29 is 5.11 Å². The molecule has 0 aromatic carbocycles. The van der Waals surface area contributed by atoms with E-state index in [1.807, 2.05) is 6.92 Å². The fourth-order valence-corrected chi connectivity index (χ4v) is 3.63. The molecule has 0 radical (unpaired) electrons. The van der Waals surface area contributed by atoms with Gasteiger partial charge in [-0.25, -0.2) is 4.99 Å². The van der Waals surface area contributed by atoms with Gasteiger partial charge in [-0.2, -0.15) is 0 Å². The molecule has 3 N–H and O–H groups in total. The van der Waals surface area contributed by atoms with E-state index in [1.54, 1.807) is 0 Å². The van der Waals surface area contributed by atoms with Crippen molar-refractivity contribution in [1.29, 1.82) is 0 Å². The first kappa shape index (κ1) is 20.7. The van der Waals surface area contributed by atoms with Gasteiger partial charge in [0.1, 0.15) is 12.4 Å². The van der Waals surface area contributed by atoms with Gasteiger partial charge in [-0.05, 0) is 32.6 Å². The van der Waals surface area contributed by atoms with E-state index >= 15 is 0 Å². The minimum Gasteiger partial charge on any atom is -0.388 e. The van der Waals surface area contributed by atoms with Crippen molar-refractivity contribution >= 4 is 5.96 Å². The summed E-state index contributed by atoms with van der Waals surface area (Å²) in [5, 5.41) is 26.1. The fraction of sp³-hybridized carbons (Fsp3) is 0.842. The van der Waals surface area contributed by atoms with Crippen LogP contribution in [0.25, 0.3) is 0 Å². The topological polar surface area (TPSA) is 87.4 Å². The van der Waals surface area contributed by atoms with Crippen LogP contribution in [0, 0.1) is 0 Å². The lowest BCUT2D eigenvalue weighted by Gasteiger charge is -2.28. The highest BCUT2D eigenvalue weighted by atomic mass is 16.3. The van der Waals surface area contributed by atoms with E-state index < -0.39 is 5.60 Å². The van der Waals surface area contributed by atoms with E-state index in [4.69, 9.17) is 0 Å². The van der Waals surface area contributed by atoms with Crippen molar-refractivity contribution in [3.05, 3.63) is 11.6 Å². The SMILES string of the molecule is CCCC(O)(CCC)CNC(=NCc1nnc2n1CCCCC2)NCC. The summed E-state index contributed by atoms with van der Waals surface area (Å²) < 4.78 is 2.23. The van der Waals surface area contributed by atoms with Crippen molar-refractivity contribution in [3.63, 3.8) is 0 Å². The highest BCUT2D eigenvalue weighted by molar-refractivity contribution is 5.79. The molecule has 0 amide bonds. The molecular weight excluding hydrogens is 328 g/mol. The van der Waals surface area contributed by atoms with Gasteiger partial charge in [0, 0.05) is 26.1 Å². The molecule has 2 rings (SSSR count). The number of aliphatic imine (C=N–C) groups is 1. The van der Waals surface area contributed by atoms with Crippen LogP contribution in [0.15, 0.2) is 4.99 Å². The molecule has 0 saturated heterocycles. The lowest BCUT2D eigenvalue weighted by atomic mass is 9.93. The summed E-state index contributed by atoms with van der Waals surface area (Å²) in [6.45, 7) is 9.05. The molecule has 0 atom stereocenters. The number of nitrogens with one attached hydrogen (secondary N) is 2. The first-order valence-corrected chi connectivity index (χ1v) is 10.3. The first-order valence-electron chi connectivity index (χ1n) is 10.3. The van der Waals surface area contributed by atoms with Crippen LogP contribution in [-0.4, -0.2) is 44.5 Å². The number of guanidine groups is 1. The number of aromatic nitrogens is 3. The van der Waals surface area contributed by atoms with Crippen molar-refractivity contribution in [1.82, 2.24) is 25.4 Å². The van der Waals surface area contributed by atoms with Gasteiger partial charge in [0.15, 0.2) is 11.8 Å². The van der Waals surface area contributed by atoms with Gasteiger partial charge in [0.05, 0.1) is 5.60 Å². The summed E-state index contributed by atoms with van der Waals surface area (Å²) in [6, 6.07) is 0. The van der Waals surface area contributed by atoms with Crippen molar-refractivity contribution in [2.45, 2.75) is 90.8 Å². The Labute approximate surface area is 157 Å². The Kier molecular flexibility index (Phi) is 8.35. The van der Waals surface area contributed by atoms with E-state index in [2.05, 4.69) is 44.2 Å². The first-order chi connectivity index (χ1) is 12.6. The summed E-state index contributed by atoms with van der Waals surface area (Å²) >= 11 is 0. The highest BCUT2D eigenvalue weighted by Crippen LogP contribution is 2.18. The molecule has 0 bridgehead atoms. The van der Waals surface area contributed by atoms with E-state index in [9.17, 15) is 5.11 Å². The third-order valence-electron chi connectivity index (χ3n) is 4.92. The smallest absolute Gasteiger partial charge is 0.191 e. The molecule has 1 aliphatic heterocycles. The fourth-order valence-electron chi connectivity index (χ4n) is 3.63. The second-order valence-corrected chi connectivity index (χ2v) is 7.27. The molecular formula is C19H36N6O. The monoisotopic (exact) mass is 364 g/mol. The zero-order valence-electron chi connectivity index (χ0n) is 16.7. The quantitative estimate of drug-likeness (QED) is 0.463. The Morgan fingerprint density at radius 3 is 2.58 bits per heavy atom. The van der Waals surface area contributed by atoms with E-state index in [1.165, 1.54) is 19.3 Å². The maximum absolute atomic E-state index is 10.8. The second-order valence-electron chi connectivity index (χ2n) is 7.27. The van der Waals surface area contributed by atoms with Gasteiger partial charge < -0.3 is 20.3 Å². The normalized spacial score (nSPS) is 15.5. The van der Waals surface area contributed by atoms with Gasteiger partial charge >= 0.3 is 0 Å². The van der Waals surface area contributed by atoms with Crippen LogP contribution in [0.4, 0.5) is 0 Å². The Bertz CT molecular complexity index is 562. The van der Waals surface area contributed by atoms with E-state index in [0.29, 0.717) is 13.1 Å². The summed E-state index contributed by atoms with van der Waals surface area (Å²) in [5.41, 5.74) is -0.675. The molecule has 0 fully saturated rings. The Hall–Kier alpha value is -1.63. The number of fused-ring (bicyclic) bond motifs is 1. The van der Waals surface area contributed by atoms with Gasteiger partial charge in [-0.3, -0.25) is 0 Å². The van der Waals surface area contributed by atoms with Gasteiger partial charge in [-0.15, -0.1) is 10.2 Å². The molecule has 0 spiro atoms. The number of hydrogen-bond donors (Lipinski definition) is 3. The van der Waals surface area contributed by atoms with E-state index in [-0.39, 0.29) is 0 Å². The number of aliphatic hydroxyl groups is 1. The maximum atomic E-state index is 10.8. The number of aryl methyl sites for hydroxylation is 1. The molecule has 0 saturated carbocycles. The second kappa shape index (κ2) is 10.5. The Morgan fingerprint density at radius 2 is 1.88 bits per heavy atom. The molecule has 148 valence electrons. The van der Waals surface area contributed by atoms with Gasteiger partial charge in [-0.1, -0.05) is 33.1 Å². The van der Waals surface area contributed by atoms with Gasteiger partial charge in [0.2, 0.25) is 0 Å². The van der Waals surface area contributed by atoms with Crippen LogP contribution >= 0.6 is 0 Å². The summed E-state index contributed by atoms with van der Waals surface area (Å²) in [6.07, 6.45) is 8.17. The van der Waals surface area contributed by atoms with Crippen LogP contribution in [0.3, 0.4) is 0 Å². The van der Waals surface area contributed by atoms with E-state index in [0.717, 1.165) is 62.8 Å². The zero-order chi connectivity index (χ0) is 18.8. The van der Waals surface area contributed by atoms with Crippen molar-refractivity contribution in [2.75, 3.05) is 13.1 Å². The number of rotatable bonds is 9. The maximum Gasteiger partial charge on any atom is 0.191 e. The zero-order valence-corrected chi connectivity index (χ0v) is 16.7. The minimum absolute atomic E-state index is 0.502. The van der Waals surface area contributed by atoms with Gasteiger partial charge in [0.25, 0.3) is 0 Å². The molecule has 7 nitrogen and oxygen atoms in total. The Morgan fingerprint density at radius 1 is 1.12 bits per heavy atom. The summed E-state index contributed by atoms with van der Waals surface area (Å²) in [5.74, 6) is 2.74. The van der Waals surface area contributed by atoms with Crippen molar-refractivity contribution in [3.8, 4) is 0 Å². The van der Waals surface area contributed by atoms with Crippen LogP contribution in [0.1, 0.15) is 77.4 Å². The highest BCUT2D eigenvalue weighted by Gasteiger charge is 2.25. The Balaban J connectivity index is 2.01. The lowest BCUT2D eigenvalue weighted by molar-refractivity contribution is 0.0257. The summed E-state index contributed by atoms with van der Waals surface area (Å²) in [7, 11) is 0. The molecule has 26 heavy (non-hydrogen) atoms. The van der Waals surface area contributed by atoms with Crippen LogP contribution < -0.4 is 10.6 Å². The molecule has 1 aromatic heterocycles. The molecule has 1 aliphatic rings. The molecule has 0 aliphatic carbocycles. The van der Waals surface area contributed by atoms with Crippen LogP contribution in [0.5, 0.6) is 0 Å². The third kappa shape index (κ3) is 5.97. The largest absolute Gasteiger partial charge is 0.388 e. The third-order valence-corrected chi connectivity index (χ3v) is 4.92. The van der Waals surface area contributed by atoms with Crippen LogP contribution in [0.2, 0.25) is 0 Å². The predicted octanol–water partition coefficient (Wildman–Crippen LogP) is 2.39. The molecule has 1 aromatic rings. The molecule has 0 unspecified atom stereocenters. The van der Waals surface area contributed by atoms with Crippen LogP contribution in [-0.2, 0) is 19.5 Å². The number of hydrogen-bond acceptors (Lipinski definition) is 4. The molecule has 2 heterocycles. The minimum atomic E-state index is -0.675. The average Bonchev–Trinajstić information content (AvgIpc) is 2.84. The standard InChI is InChI=1S/C19H36N6O/c1-4-11-19(26,12-5-2)15-22-18(20-6-3)21-14-17-24-23-16-10-8-7-9-13-25(16)17/h26H,4-15H2,1-3H3,(H2,20,21,22). The summed E-state index contributed by atoms with van der Waals surface area (Å²) in [4.78, 5) is 4.68.